The zero-order valence-electron chi connectivity index (χ0n) is 11.0. The van der Waals surface area contributed by atoms with Crippen LogP contribution in [0.5, 0.6) is 0 Å². The van der Waals surface area contributed by atoms with Crippen molar-refractivity contribution >= 4 is 15.9 Å². The molecule has 1 aromatic carbocycles. The molecule has 0 heterocycles. The van der Waals surface area contributed by atoms with Gasteiger partial charge in [0, 0.05) is 23.7 Å². The minimum absolute atomic E-state index is 0.0335. The van der Waals surface area contributed by atoms with E-state index in [2.05, 4.69) is 21.3 Å². The third-order valence-corrected chi connectivity index (χ3v) is 3.28. The van der Waals surface area contributed by atoms with E-state index in [0.29, 0.717) is 12.1 Å². The molecule has 5 nitrogen and oxygen atoms in total. The number of rotatable bonds is 5. The summed E-state index contributed by atoms with van der Waals surface area (Å²) < 4.78 is 28.1. The smallest absolute Gasteiger partial charge is 0.299 e. The highest BCUT2D eigenvalue weighted by atomic mass is 32.2. The second kappa shape index (κ2) is 7.14. The lowest BCUT2D eigenvalue weighted by atomic mass is 10.2. The Hall–Kier alpha value is -1.55. The molecule has 0 saturated carbocycles. The van der Waals surface area contributed by atoms with Crippen LogP contribution in [0.25, 0.3) is 0 Å². The van der Waals surface area contributed by atoms with Crippen molar-refractivity contribution < 1.29 is 13.5 Å². The normalized spacial score (nSPS) is 10.9. The fourth-order valence-corrected chi connectivity index (χ4v) is 2.46. The van der Waals surface area contributed by atoms with Crippen LogP contribution in [0.1, 0.15) is 25.8 Å². The van der Waals surface area contributed by atoms with Gasteiger partial charge in [-0.2, -0.15) is 13.1 Å². The summed E-state index contributed by atoms with van der Waals surface area (Å²) in [5.41, 5.74) is 1.24. The van der Waals surface area contributed by atoms with Crippen molar-refractivity contribution in [2.75, 3.05) is 11.3 Å². The Balaban J connectivity index is 2.70. The van der Waals surface area contributed by atoms with Crippen molar-refractivity contribution in [3.63, 3.8) is 0 Å². The van der Waals surface area contributed by atoms with Gasteiger partial charge in [0.25, 0.3) is 10.2 Å². The lowest BCUT2D eigenvalue weighted by Gasteiger charge is -2.11. The van der Waals surface area contributed by atoms with Gasteiger partial charge in [0.15, 0.2) is 0 Å². The first-order valence-electron chi connectivity index (χ1n) is 5.93. The van der Waals surface area contributed by atoms with Gasteiger partial charge in [0.1, 0.15) is 0 Å². The van der Waals surface area contributed by atoms with E-state index < -0.39 is 10.2 Å². The second-order valence-electron chi connectivity index (χ2n) is 4.23. The summed E-state index contributed by atoms with van der Waals surface area (Å²) >= 11 is 0. The van der Waals surface area contributed by atoms with Crippen molar-refractivity contribution in [3.05, 3.63) is 29.8 Å². The van der Waals surface area contributed by atoms with Crippen LogP contribution in [-0.2, 0) is 10.2 Å². The number of hydrogen-bond donors (Lipinski definition) is 3. The van der Waals surface area contributed by atoms with Gasteiger partial charge in [-0.15, -0.1) is 0 Å². The van der Waals surface area contributed by atoms with Crippen LogP contribution >= 0.6 is 0 Å². The first kappa shape index (κ1) is 15.5. The second-order valence-corrected chi connectivity index (χ2v) is 5.68. The van der Waals surface area contributed by atoms with E-state index in [1.807, 2.05) is 0 Å². The Morgan fingerprint density at radius 3 is 2.42 bits per heavy atom. The van der Waals surface area contributed by atoms with Gasteiger partial charge >= 0.3 is 0 Å². The average molecular weight is 282 g/mol. The molecule has 1 aromatic rings. The SMILES string of the molecule is CC(C)NS(=O)(=O)Nc1ccc(C#CCCO)cc1. The molecule has 0 aliphatic heterocycles. The minimum atomic E-state index is -3.54. The van der Waals surface area contributed by atoms with Crippen molar-refractivity contribution in [2.24, 2.45) is 0 Å². The first-order chi connectivity index (χ1) is 8.93. The van der Waals surface area contributed by atoms with E-state index in [1.165, 1.54) is 0 Å². The monoisotopic (exact) mass is 282 g/mol. The highest BCUT2D eigenvalue weighted by Crippen LogP contribution is 2.10. The van der Waals surface area contributed by atoms with E-state index in [4.69, 9.17) is 5.11 Å². The lowest BCUT2D eigenvalue weighted by Crippen LogP contribution is -2.35. The summed E-state index contributed by atoms with van der Waals surface area (Å²) in [5.74, 6) is 5.66. The number of hydrogen-bond acceptors (Lipinski definition) is 3. The first-order valence-corrected chi connectivity index (χ1v) is 7.41. The molecule has 0 spiro atoms. The van der Waals surface area contributed by atoms with Crippen LogP contribution in [0, 0.1) is 11.8 Å². The van der Waals surface area contributed by atoms with Gasteiger partial charge in [-0.3, -0.25) is 4.72 Å². The Bertz CT molecular complexity index is 554. The van der Waals surface area contributed by atoms with E-state index in [1.54, 1.807) is 38.1 Å². The van der Waals surface area contributed by atoms with Crippen molar-refractivity contribution in [1.82, 2.24) is 4.72 Å². The molecule has 0 radical (unpaired) electrons. The fourth-order valence-electron chi connectivity index (χ4n) is 1.34. The van der Waals surface area contributed by atoms with Crippen LogP contribution in [0.3, 0.4) is 0 Å². The molecule has 0 saturated heterocycles. The third kappa shape index (κ3) is 6.25. The molecule has 0 aliphatic carbocycles. The maximum absolute atomic E-state index is 11.6. The Morgan fingerprint density at radius 2 is 1.89 bits per heavy atom. The van der Waals surface area contributed by atoms with E-state index >= 15 is 0 Å². The molecule has 0 unspecified atom stereocenters. The Labute approximate surface area is 114 Å². The summed E-state index contributed by atoms with van der Waals surface area (Å²) in [4.78, 5) is 0. The molecular weight excluding hydrogens is 264 g/mol. The molecule has 0 fully saturated rings. The molecular formula is C13H18N2O3S. The van der Waals surface area contributed by atoms with Crippen LogP contribution in [0.15, 0.2) is 24.3 Å². The third-order valence-electron chi connectivity index (χ3n) is 2.00. The van der Waals surface area contributed by atoms with Crippen LogP contribution < -0.4 is 9.44 Å². The summed E-state index contributed by atoms with van der Waals surface area (Å²) in [6, 6.07) is 6.56. The van der Waals surface area contributed by atoms with Gasteiger partial charge < -0.3 is 5.11 Å². The Morgan fingerprint density at radius 1 is 1.26 bits per heavy atom. The maximum atomic E-state index is 11.6. The zero-order valence-corrected chi connectivity index (χ0v) is 11.8. The Kier molecular flexibility index (Phi) is 5.83. The van der Waals surface area contributed by atoms with E-state index in [0.717, 1.165) is 5.56 Å². The average Bonchev–Trinajstić information content (AvgIpc) is 2.29. The molecule has 19 heavy (non-hydrogen) atoms. The van der Waals surface area contributed by atoms with Crippen LogP contribution in [-0.4, -0.2) is 26.2 Å². The van der Waals surface area contributed by atoms with Gasteiger partial charge in [0.05, 0.1) is 6.61 Å². The predicted octanol–water partition coefficient (Wildman–Crippen LogP) is 1.08. The van der Waals surface area contributed by atoms with Crippen LogP contribution in [0.2, 0.25) is 0 Å². The fraction of sp³-hybridized carbons (Fsp3) is 0.385. The van der Waals surface area contributed by atoms with Gasteiger partial charge in [0.2, 0.25) is 0 Å². The summed E-state index contributed by atoms with van der Waals surface area (Å²) in [5, 5.41) is 8.60. The largest absolute Gasteiger partial charge is 0.395 e. The summed E-state index contributed by atoms with van der Waals surface area (Å²) in [6.45, 7) is 3.53. The molecule has 1 rings (SSSR count). The molecule has 104 valence electrons. The van der Waals surface area contributed by atoms with Crippen molar-refractivity contribution in [2.45, 2.75) is 26.3 Å². The molecule has 0 amide bonds. The van der Waals surface area contributed by atoms with E-state index in [-0.39, 0.29) is 12.6 Å². The highest BCUT2D eigenvalue weighted by Gasteiger charge is 2.10. The van der Waals surface area contributed by atoms with Gasteiger partial charge in [-0.25, -0.2) is 0 Å². The number of aliphatic hydroxyl groups is 1. The molecule has 3 N–H and O–H groups in total. The number of benzene rings is 1. The molecule has 6 heteroatoms. The number of anilines is 1. The van der Waals surface area contributed by atoms with E-state index in [9.17, 15) is 8.42 Å². The summed E-state index contributed by atoms with van der Waals surface area (Å²) in [6.07, 6.45) is 0.423. The van der Waals surface area contributed by atoms with Gasteiger partial charge in [-0.1, -0.05) is 11.8 Å². The zero-order chi connectivity index (χ0) is 14.3. The summed E-state index contributed by atoms with van der Waals surface area (Å²) in [7, 11) is -3.54. The molecule has 0 aliphatic rings. The van der Waals surface area contributed by atoms with Gasteiger partial charge in [-0.05, 0) is 38.1 Å². The van der Waals surface area contributed by atoms with Crippen molar-refractivity contribution in [1.29, 1.82) is 0 Å². The number of aliphatic hydroxyl groups excluding tert-OH is 1. The quantitative estimate of drug-likeness (QED) is 0.707. The predicted molar refractivity (Wildman–Crippen MR) is 75.8 cm³/mol. The molecule has 0 bridgehead atoms. The topological polar surface area (TPSA) is 78.4 Å². The minimum Gasteiger partial charge on any atom is -0.395 e. The van der Waals surface area contributed by atoms with Crippen molar-refractivity contribution in [3.8, 4) is 11.8 Å². The van der Waals surface area contributed by atoms with Crippen LogP contribution in [0.4, 0.5) is 5.69 Å². The lowest BCUT2D eigenvalue weighted by molar-refractivity contribution is 0.305. The standard InChI is InChI=1S/C13H18N2O3S/c1-11(2)14-19(17,18)15-13-8-6-12(7-9-13)5-3-4-10-16/h6-9,11,14-16H,4,10H2,1-2H3. The maximum Gasteiger partial charge on any atom is 0.299 e. The highest BCUT2D eigenvalue weighted by molar-refractivity contribution is 7.90. The molecule has 0 atom stereocenters. The molecule has 0 aromatic heterocycles. The number of nitrogens with one attached hydrogen (secondary N) is 2.